The highest BCUT2D eigenvalue weighted by molar-refractivity contribution is 6.30. The molecule has 0 saturated carbocycles. The lowest BCUT2D eigenvalue weighted by Gasteiger charge is -2.11. The average Bonchev–Trinajstić information content (AvgIpc) is 2.94. The van der Waals surface area contributed by atoms with Crippen LogP contribution in [0, 0.1) is 5.82 Å². The number of esters is 1. The number of rotatable bonds is 10. The van der Waals surface area contributed by atoms with Crippen LogP contribution in [0.5, 0.6) is 5.75 Å². The summed E-state index contributed by atoms with van der Waals surface area (Å²) in [5.74, 6) is -0.314. The fraction of sp³-hybridized carbons (Fsp3) is 0.346. The maximum Gasteiger partial charge on any atom is 0.306 e. The topological polar surface area (TPSA) is 85.2 Å². The Labute approximate surface area is 203 Å². The third kappa shape index (κ3) is 7.23. The van der Waals surface area contributed by atoms with Crippen molar-refractivity contribution in [3.8, 4) is 5.75 Å². The van der Waals surface area contributed by atoms with Crippen LogP contribution in [-0.2, 0) is 14.3 Å². The summed E-state index contributed by atoms with van der Waals surface area (Å²) >= 11 is 5.84. The minimum atomic E-state index is -1.05. The molecule has 6 nitrogen and oxygen atoms in total. The minimum absolute atomic E-state index is 0.0137. The second-order valence-corrected chi connectivity index (χ2v) is 8.64. The lowest BCUT2D eigenvalue weighted by molar-refractivity contribution is -0.147. The Balaban J connectivity index is 1.57. The van der Waals surface area contributed by atoms with Crippen molar-refractivity contribution < 1.29 is 33.6 Å². The smallest absolute Gasteiger partial charge is 0.306 e. The molecule has 1 aromatic carbocycles. The third-order valence-corrected chi connectivity index (χ3v) is 5.27. The van der Waals surface area contributed by atoms with Crippen LogP contribution in [0.4, 0.5) is 4.39 Å². The Morgan fingerprint density at radius 2 is 2.12 bits per heavy atom. The van der Waals surface area contributed by atoms with Crippen molar-refractivity contribution in [3.05, 3.63) is 87.7 Å². The Bertz CT molecular complexity index is 1070. The number of ether oxygens (including phenoxy) is 3. The second kappa shape index (κ2) is 11.9. The van der Waals surface area contributed by atoms with Crippen LogP contribution in [0.25, 0.3) is 0 Å². The molecule has 0 saturated heterocycles. The zero-order chi connectivity index (χ0) is 24.7. The quantitative estimate of drug-likeness (QED) is 0.422. The molecule has 0 aromatic heterocycles. The highest BCUT2D eigenvalue weighted by Crippen LogP contribution is 2.34. The third-order valence-electron chi connectivity index (χ3n) is 5.03. The summed E-state index contributed by atoms with van der Waals surface area (Å²) in [5.41, 5.74) is 2.18. The molecule has 0 fully saturated rings. The largest absolute Gasteiger partial charge is 0.507 e. The Morgan fingerprint density at radius 1 is 1.32 bits per heavy atom. The van der Waals surface area contributed by atoms with Crippen molar-refractivity contribution in [1.82, 2.24) is 0 Å². The molecule has 0 spiro atoms. The van der Waals surface area contributed by atoms with E-state index in [9.17, 15) is 19.4 Å². The second-order valence-electron chi connectivity index (χ2n) is 8.21. The molecule has 1 aliphatic carbocycles. The fourth-order valence-electron chi connectivity index (χ4n) is 3.40. The van der Waals surface area contributed by atoms with Crippen molar-refractivity contribution >= 4 is 17.6 Å². The molecule has 182 valence electrons. The van der Waals surface area contributed by atoms with Crippen LogP contribution >= 0.6 is 11.6 Å². The number of aliphatic hydroxyl groups excluding tert-OH is 2. The average molecular weight is 491 g/mol. The van der Waals surface area contributed by atoms with Crippen molar-refractivity contribution in [1.29, 1.82) is 0 Å². The zero-order valence-electron chi connectivity index (χ0n) is 19.1. The molecule has 0 bridgehead atoms. The summed E-state index contributed by atoms with van der Waals surface area (Å²) in [6, 6.07) is 3.93. The minimum Gasteiger partial charge on any atom is -0.507 e. The van der Waals surface area contributed by atoms with E-state index in [1.54, 1.807) is 6.08 Å². The molecule has 0 amide bonds. The molecule has 1 heterocycles. The normalized spacial score (nSPS) is 16.5. The highest BCUT2D eigenvalue weighted by atomic mass is 35.5. The van der Waals surface area contributed by atoms with Gasteiger partial charge in [-0.1, -0.05) is 35.9 Å². The van der Waals surface area contributed by atoms with E-state index in [0.717, 1.165) is 5.57 Å². The van der Waals surface area contributed by atoms with E-state index in [1.165, 1.54) is 30.4 Å². The van der Waals surface area contributed by atoms with Crippen LogP contribution in [0.3, 0.4) is 0 Å². The molecule has 0 unspecified atom stereocenters. The van der Waals surface area contributed by atoms with Crippen LogP contribution < -0.4 is 4.74 Å². The van der Waals surface area contributed by atoms with E-state index in [0.29, 0.717) is 47.8 Å². The SMILES string of the molecule is CC(C)OC(=O)CCCC1=CC=C2C(=CC(O)=C2/C=C/[C@@H](O)COc2cc(Cl)ccc2F)OC1. The van der Waals surface area contributed by atoms with Crippen molar-refractivity contribution in [2.45, 2.75) is 45.3 Å². The van der Waals surface area contributed by atoms with Gasteiger partial charge in [-0.05, 0) is 44.4 Å². The van der Waals surface area contributed by atoms with Gasteiger partial charge in [-0.3, -0.25) is 4.79 Å². The van der Waals surface area contributed by atoms with Crippen molar-refractivity contribution in [3.63, 3.8) is 0 Å². The van der Waals surface area contributed by atoms with Crippen molar-refractivity contribution in [2.75, 3.05) is 13.2 Å². The first kappa shape index (κ1) is 25.6. The fourth-order valence-corrected chi connectivity index (χ4v) is 3.56. The number of aliphatic hydroxyl groups is 2. The number of hydrogen-bond acceptors (Lipinski definition) is 6. The molecule has 3 rings (SSSR count). The van der Waals surface area contributed by atoms with Gasteiger partial charge >= 0.3 is 5.97 Å². The summed E-state index contributed by atoms with van der Waals surface area (Å²) in [4.78, 5) is 11.7. The van der Waals surface area contributed by atoms with Gasteiger partial charge in [-0.25, -0.2) is 4.39 Å². The predicted octanol–water partition coefficient (Wildman–Crippen LogP) is 5.49. The monoisotopic (exact) mass is 490 g/mol. The standard InChI is InChI=1S/C26H28ClFO6/c1-16(2)34-26(31)5-3-4-17-6-9-21-20(23(30)13-24(21)32-14-17)10-8-19(29)15-33-25-12-18(27)7-11-22(25)28/h6-13,16,19,29-30H,3-5,14-15H2,1-2H3/b10-8+/t19-/m1/s1. The maximum absolute atomic E-state index is 13.7. The number of allylic oxidation sites excluding steroid dienone is 5. The van der Waals surface area contributed by atoms with Gasteiger partial charge in [0.25, 0.3) is 0 Å². The van der Waals surface area contributed by atoms with Gasteiger partial charge in [-0.15, -0.1) is 0 Å². The summed E-state index contributed by atoms with van der Waals surface area (Å²) in [6.07, 6.45) is 8.78. The zero-order valence-corrected chi connectivity index (χ0v) is 19.8. The van der Waals surface area contributed by atoms with E-state index in [1.807, 2.05) is 26.0 Å². The summed E-state index contributed by atoms with van der Waals surface area (Å²) in [6.45, 7) is 3.79. The van der Waals surface area contributed by atoms with Gasteiger partial charge in [0.15, 0.2) is 11.6 Å². The molecule has 1 atom stereocenters. The summed E-state index contributed by atoms with van der Waals surface area (Å²) in [5, 5.41) is 20.9. The number of halogens is 2. The molecule has 2 aliphatic rings. The lowest BCUT2D eigenvalue weighted by Crippen LogP contribution is -2.15. The molecule has 0 radical (unpaired) electrons. The van der Waals surface area contributed by atoms with Gasteiger partial charge in [-0.2, -0.15) is 0 Å². The molecule has 2 N–H and O–H groups in total. The van der Waals surface area contributed by atoms with Crippen LogP contribution in [-0.4, -0.2) is 41.6 Å². The van der Waals surface area contributed by atoms with Gasteiger partial charge in [0.05, 0.1) is 6.10 Å². The molecule has 8 heteroatoms. The van der Waals surface area contributed by atoms with Crippen LogP contribution in [0.2, 0.25) is 5.02 Å². The number of benzene rings is 1. The molecule has 34 heavy (non-hydrogen) atoms. The van der Waals surface area contributed by atoms with Gasteiger partial charge in [0.1, 0.15) is 30.8 Å². The molecular weight excluding hydrogens is 463 g/mol. The van der Waals surface area contributed by atoms with E-state index >= 15 is 0 Å². The first-order valence-corrected chi connectivity index (χ1v) is 11.4. The highest BCUT2D eigenvalue weighted by Gasteiger charge is 2.23. The van der Waals surface area contributed by atoms with E-state index < -0.39 is 11.9 Å². The van der Waals surface area contributed by atoms with E-state index in [-0.39, 0.29) is 30.2 Å². The molecule has 1 aliphatic heterocycles. The van der Waals surface area contributed by atoms with Crippen LogP contribution in [0.15, 0.2) is 76.8 Å². The molecular formula is C26H28ClFO6. The molecule has 1 aromatic rings. The lowest BCUT2D eigenvalue weighted by atomic mass is 10.1. The Kier molecular flexibility index (Phi) is 8.96. The predicted molar refractivity (Wildman–Crippen MR) is 127 cm³/mol. The first-order valence-electron chi connectivity index (χ1n) is 11.0. The summed E-state index contributed by atoms with van der Waals surface area (Å²) < 4.78 is 30.0. The number of hydrogen-bond donors (Lipinski definition) is 2. The van der Waals surface area contributed by atoms with Gasteiger partial charge < -0.3 is 24.4 Å². The van der Waals surface area contributed by atoms with Crippen molar-refractivity contribution in [2.24, 2.45) is 0 Å². The number of carbonyl (C=O) groups is 1. The Morgan fingerprint density at radius 3 is 2.88 bits per heavy atom. The Hall–Kier alpha value is -3.03. The number of carbonyl (C=O) groups excluding carboxylic acids is 1. The van der Waals surface area contributed by atoms with E-state index in [4.69, 9.17) is 25.8 Å². The van der Waals surface area contributed by atoms with E-state index in [2.05, 4.69) is 0 Å². The maximum atomic E-state index is 13.7. The first-order chi connectivity index (χ1) is 16.2. The van der Waals surface area contributed by atoms with Crippen LogP contribution in [0.1, 0.15) is 33.1 Å². The number of fused-ring (bicyclic) bond motifs is 1. The van der Waals surface area contributed by atoms with Gasteiger partial charge in [0.2, 0.25) is 0 Å². The summed E-state index contributed by atoms with van der Waals surface area (Å²) in [7, 11) is 0. The van der Waals surface area contributed by atoms with Gasteiger partial charge in [0, 0.05) is 34.7 Å².